The summed E-state index contributed by atoms with van der Waals surface area (Å²) in [5, 5.41) is 0. The van der Waals surface area contributed by atoms with E-state index in [0.717, 1.165) is 32.1 Å². The molecule has 2 heteroatoms. The first kappa shape index (κ1) is 20.4. The Morgan fingerprint density at radius 3 is 2.09 bits per heavy atom. The first-order chi connectivity index (χ1) is 10.5. The molecule has 0 saturated heterocycles. The Labute approximate surface area is 136 Å². The van der Waals surface area contributed by atoms with Crippen molar-refractivity contribution in [2.75, 3.05) is 6.61 Å². The zero-order chi connectivity index (χ0) is 16.8. The van der Waals surface area contributed by atoms with Gasteiger partial charge in [-0.3, -0.25) is 0 Å². The van der Waals surface area contributed by atoms with E-state index < -0.39 is 0 Å². The number of carbonyl (C=O) groups excluding carboxylic acids is 1. The first-order valence-corrected chi connectivity index (χ1v) is 8.23. The minimum atomic E-state index is -0.261. The summed E-state index contributed by atoms with van der Waals surface area (Å²) in [6.07, 6.45) is 15.4. The zero-order valence-corrected chi connectivity index (χ0v) is 14.9. The molecule has 0 spiro atoms. The van der Waals surface area contributed by atoms with Gasteiger partial charge in [0.1, 0.15) is 0 Å². The van der Waals surface area contributed by atoms with Crippen LogP contribution in [0.5, 0.6) is 0 Å². The molecule has 0 atom stereocenters. The smallest absolute Gasteiger partial charge is 0.330 e. The summed E-state index contributed by atoms with van der Waals surface area (Å²) < 4.78 is 4.83. The summed E-state index contributed by atoms with van der Waals surface area (Å²) >= 11 is 0. The molecule has 0 heterocycles. The normalized spacial score (nSPS) is 12.6. The maximum atomic E-state index is 11.1. The molecule has 0 fully saturated rings. The highest BCUT2D eigenvalue weighted by molar-refractivity contribution is 5.81. The standard InChI is InChI=1S/C20H32O2/c1-6-22-20(21)16-8-7-12-18(4)14-10-15-19(5)13-9-11-17(2)3/h8,11-12,15-16H,6-7,9-10,13-14H2,1-5H3/b16-8+,18-12+,19-15+. The SMILES string of the molecule is CCOC(=O)/C=C/C/C=C(\C)CC/C=C(\C)CCC=C(C)C. The van der Waals surface area contributed by atoms with Gasteiger partial charge in [0.25, 0.3) is 0 Å². The third kappa shape index (κ3) is 13.4. The predicted octanol–water partition coefficient (Wildman–Crippen LogP) is 5.92. The highest BCUT2D eigenvalue weighted by Gasteiger charge is 1.93. The molecular formula is C20H32O2. The second-order valence-corrected chi connectivity index (χ2v) is 5.85. The van der Waals surface area contributed by atoms with Crippen LogP contribution in [0.4, 0.5) is 0 Å². The van der Waals surface area contributed by atoms with Gasteiger partial charge in [0.05, 0.1) is 6.61 Å². The summed E-state index contributed by atoms with van der Waals surface area (Å²) in [7, 11) is 0. The number of allylic oxidation sites excluding steroid dienone is 7. The fourth-order valence-corrected chi connectivity index (χ4v) is 1.96. The molecule has 0 aromatic heterocycles. The lowest BCUT2D eigenvalue weighted by atomic mass is 10.1. The van der Waals surface area contributed by atoms with Crippen LogP contribution in [0.15, 0.2) is 47.1 Å². The van der Waals surface area contributed by atoms with Crippen molar-refractivity contribution in [2.45, 2.75) is 66.7 Å². The maximum absolute atomic E-state index is 11.1. The van der Waals surface area contributed by atoms with Gasteiger partial charge >= 0.3 is 5.97 Å². The van der Waals surface area contributed by atoms with Crippen LogP contribution in [0, 0.1) is 0 Å². The van der Waals surface area contributed by atoms with Crippen LogP contribution in [0.3, 0.4) is 0 Å². The molecule has 2 nitrogen and oxygen atoms in total. The van der Waals surface area contributed by atoms with E-state index in [1.807, 2.05) is 13.0 Å². The van der Waals surface area contributed by atoms with Crippen LogP contribution in [0.25, 0.3) is 0 Å². The summed E-state index contributed by atoms with van der Waals surface area (Å²) in [4.78, 5) is 11.1. The van der Waals surface area contributed by atoms with Crippen LogP contribution in [0.1, 0.15) is 66.7 Å². The van der Waals surface area contributed by atoms with Crippen LogP contribution in [0.2, 0.25) is 0 Å². The molecule has 0 aromatic carbocycles. The van der Waals surface area contributed by atoms with Crippen LogP contribution in [-0.4, -0.2) is 12.6 Å². The second-order valence-electron chi connectivity index (χ2n) is 5.85. The van der Waals surface area contributed by atoms with Gasteiger partial charge in [-0.2, -0.15) is 0 Å². The Balaban J connectivity index is 3.96. The van der Waals surface area contributed by atoms with Crippen molar-refractivity contribution in [3.05, 3.63) is 47.1 Å². The van der Waals surface area contributed by atoms with E-state index >= 15 is 0 Å². The number of rotatable bonds is 10. The molecule has 0 bridgehead atoms. The monoisotopic (exact) mass is 304 g/mol. The van der Waals surface area contributed by atoms with Gasteiger partial charge in [0, 0.05) is 6.08 Å². The molecule has 0 amide bonds. The van der Waals surface area contributed by atoms with Gasteiger partial charge in [-0.25, -0.2) is 4.79 Å². The van der Waals surface area contributed by atoms with E-state index in [-0.39, 0.29) is 5.97 Å². The maximum Gasteiger partial charge on any atom is 0.330 e. The largest absolute Gasteiger partial charge is 0.463 e. The van der Waals surface area contributed by atoms with Crippen molar-refractivity contribution in [1.82, 2.24) is 0 Å². The van der Waals surface area contributed by atoms with Crippen molar-refractivity contribution in [1.29, 1.82) is 0 Å². The minimum Gasteiger partial charge on any atom is -0.463 e. The molecule has 0 unspecified atom stereocenters. The Morgan fingerprint density at radius 2 is 1.50 bits per heavy atom. The van der Waals surface area contributed by atoms with Crippen molar-refractivity contribution in [3.8, 4) is 0 Å². The lowest BCUT2D eigenvalue weighted by Gasteiger charge is -2.01. The molecule has 0 saturated carbocycles. The molecule has 0 rings (SSSR count). The summed E-state index contributed by atoms with van der Waals surface area (Å²) in [5.74, 6) is -0.261. The van der Waals surface area contributed by atoms with Crippen molar-refractivity contribution in [3.63, 3.8) is 0 Å². The van der Waals surface area contributed by atoms with E-state index in [4.69, 9.17) is 4.74 Å². The van der Waals surface area contributed by atoms with Gasteiger partial charge in [-0.05, 0) is 66.7 Å². The van der Waals surface area contributed by atoms with Gasteiger partial charge in [-0.15, -0.1) is 0 Å². The van der Waals surface area contributed by atoms with E-state index in [2.05, 4.69) is 45.9 Å². The Morgan fingerprint density at radius 1 is 0.909 bits per heavy atom. The van der Waals surface area contributed by atoms with Crippen molar-refractivity contribution < 1.29 is 9.53 Å². The van der Waals surface area contributed by atoms with E-state index in [1.54, 1.807) is 0 Å². The van der Waals surface area contributed by atoms with Crippen LogP contribution < -0.4 is 0 Å². The van der Waals surface area contributed by atoms with Crippen LogP contribution in [-0.2, 0) is 9.53 Å². The lowest BCUT2D eigenvalue weighted by Crippen LogP contribution is -1.98. The number of esters is 1. The average molecular weight is 304 g/mol. The third-order valence-electron chi connectivity index (χ3n) is 3.27. The summed E-state index contributed by atoms with van der Waals surface area (Å²) in [6.45, 7) is 10.9. The van der Waals surface area contributed by atoms with Crippen molar-refractivity contribution >= 4 is 5.97 Å². The predicted molar refractivity (Wildman–Crippen MR) is 95.8 cm³/mol. The van der Waals surface area contributed by atoms with Gasteiger partial charge < -0.3 is 4.74 Å². The summed E-state index contributed by atoms with van der Waals surface area (Å²) in [6, 6.07) is 0. The Bertz CT molecular complexity index is 433. The lowest BCUT2D eigenvalue weighted by molar-refractivity contribution is -0.137. The Kier molecular flexibility index (Phi) is 12.2. The Hall–Kier alpha value is -1.57. The number of ether oxygens (including phenoxy) is 1. The molecular weight excluding hydrogens is 272 g/mol. The fourth-order valence-electron chi connectivity index (χ4n) is 1.96. The van der Waals surface area contributed by atoms with Crippen LogP contribution >= 0.6 is 0 Å². The molecule has 0 aliphatic heterocycles. The van der Waals surface area contributed by atoms with E-state index in [1.165, 1.54) is 22.8 Å². The van der Waals surface area contributed by atoms with Gasteiger partial charge in [0.2, 0.25) is 0 Å². The fraction of sp³-hybridized carbons (Fsp3) is 0.550. The molecule has 0 radical (unpaired) electrons. The quantitative estimate of drug-likeness (QED) is 0.285. The second kappa shape index (κ2) is 13.1. The molecule has 124 valence electrons. The highest BCUT2D eigenvalue weighted by Crippen LogP contribution is 2.11. The molecule has 22 heavy (non-hydrogen) atoms. The minimum absolute atomic E-state index is 0.261. The van der Waals surface area contributed by atoms with Gasteiger partial charge in [0.15, 0.2) is 0 Å². The molecule has 0 aromatic rings. The van der Waals surface area contributed by atoms with Crippen molar-refractivity contribution in [2.24, 2.45) is 0 Å². The number of hydrogen-bond donors (Lipinski definition) is 0. The average Bonchev–Trinajstić information content (AvgIpc) is 2.43. The van der Waals surface area contributed by atoms with Gasteiger partial charge in [-0.1, -0.05) is 41.0 Å². The topological polar surface area (TPSA) is 26.3 Å². The van der Waals surface area contributed by atoms with E-state index in [0.29, 0.717) is 6.61 Å². The number of carbonyl (C=O) groups is 1. The zero-order valence-electron chi connectivity index (χ0n) is 14.9. The molecule has 0 N–H and O–H groups in total. The third-order valence-corrected chi connectivity index (χ3v) is 3.27. The highest BCUT2D eigenvalue weighted by atomic mass is 16.5. The molecule has 0 aliphatic rings. The summed E-state index contributed by atoms with van der Waals surface area (Å²) in [5.41, 5.74) is 4.22. The first-order valence-electron chi connectivity index (χ1n) is 8.23. The number of hydrogen-bond acceptors (Lipinski definition) is 2. The van der Waals surface area contributed by atoms with E-state index in [9.17, 15) is 4.79 Å². The molecule has 0 aliphatic carbocycles.